The van der Waals surface area contributed by atoms with Crippen LogP contribution >= 0.6 is 8.58 Å². The van der Waals surface area contributed by atoms with Crippen LogP contribution in [-0.4, -0.2) is 5.11 Å². The molecule has 0 fully saturated rings. The molecule has 0 saturated carbocycles. The smallest absolute Gasteiger partial charge is 0.130 e. The van der Waals surface area contributed by atoms with Crippen molar-refractivity contribution in [3.8, 4) is 5.75 Å². The lowest BCUT2D eigenvalue weighted by Gasteiger charge is -2.34. The number of rotatable bonds is 7. The maximum Gasteiger partial charge on any atom is 0.130 e. The minimum absolute atomic E-state index is 0.151. The van der Waals surface area contributed by atoms with Crippen molar-refractivity contribution in [2.45, 2.75) is 65.0 Å². The van der Waals surface area contributed by atoms with E-state index in [4.69, 9.17) is 0 Å². The van der Waals surface area contributed by atoms with Gasteiger partial charge < -0.3 is 5.11 Å². The predicted octanol–water partition coefficient (Wildman–Crippen LogP) is 6.37. The first kappa shape index (κ1) is 19.9. The molecule has 0 aliphatic rings. The molecule has 0 aromatic heterocycles. The minimum atomic E-state index is -0.236. The molecule has 1 N–H and O–H groups in total. The van der Waals surface area contributed by atoms with Gasteiger partial charge in [0.2, 0.25) is 0 Å². The lowest BCUT2D eigenvalue weighted by atomic mass is 9.86. The second-order valence-electron chi connectivity index (χ2n) is 6.95. The Morgan fingerprint density at radius 3 is 2.32 bits per heavy atom. The van der Waals surface area contributed by atoms with E-state index in [2.05, 4.69) is 46.8 Å². The van der Waals surface area contributed by atoms with Gasteiger partial charge in [-0.25, -0.2) is 4.39 Å². The topological polar surface area (TPSA) is 20.2 Å². The van der Waals surface area contributed by atoms with Gasteiger partial charge in [-0.1, -0.05) is 72.2 Å². The van der Waals surface area contributed by atoms with Crippen LogP contribution in [0.5, 0.6) is 5.75 Å². The Morgan fingerprint density at radius 2 is 1.76 bits per heavy atom. The summed E-state index contributed by atoms with van der Waals surface area (Å²) in [5, 5.41) is 11.6. The number of hydrogen-bond acceptors (Lipinski definition) is 1. The molecule has 2 atom stereocenters. The molecule has 25 heavy (non-hydrogen) atoms. The van der Waals surface area contributed by atoms with Gasteiger partial charge in [-0.15, -0.1) is 0 Å². The summed E-state index contributed by atoms with van der Waals surface area (Å²) in [6.07, 6.45) is 2.72. The van der Waals surface area contributed by atoms with E-state index in [1.54, 1.807) is 6.07 Å². The molecule has 2 aromatic carbocycles. The third-order valence-electron chi connectivity index (χ3n) is 5.40. The summed E-state index contributed by atoms with van der Waals surface area (Å²) in [6, 6.07) is 11.2. The Hall–Kier alpha value is -1.40. The highest BCUT2D eigenvalue weighted by Crippen LogP contribution is 2.51. The van der Waals surface area contributed by atoms with Crippen LogP contribution in [0.25, 0.3) is 0 Å². The number of aryl methyl sites for hydroxylation is 1. The first-order chi connectivity index (χ1) is 11.9. The van der Waals surface area contributed by atoms with Crippen LogP contribution in [-0.2, 0) is 5.16 Å². The normalized spacial score (nSPS) is 13.5. The molecule has 0 saturated heterocycles. The molecule has 0 heterocycles. The quantitative estimate of drug-likeness (QED) is 0.569. The van der Waals surface area contributed by atoms with Crippen molar-refractivity contribution in [2.24, 2.45) is 0 Å². The highest BCUT2D eigenvalue weighted by Gasteiger charge is 2.33. The number of phenolic OH excluding ortho intramolecular Hbond substituents is 1. The van der Waals surface area contributed by atoms with E-state index in [0.717, 1.165) is 41.3 Å². The minimum Gasteiger partial charge on any atom is -0.507 e. The van der Waals surface area contributed by atoms with Gasteiger partial charge in [-0.3, -0.25) is 0 Å². The van der Waals surface area contributed by atoms with E-state index >= 15 is 0 Å². The molecular weight excluding hydrogens is 330 g/mol. The zero-order valence-corrected chi connectivity index (χ0v) is 17.0. The van der Waals surface area contributed by atoms with Gasteiger partial charge in [0.05, 0.1) is 0 Å². The maximum absolute atomic E-state index is 14.3. The van der Waals surface area contributed by atoms with E-state index in [1.165, 1.54) is 6.07 Å². The van der Waals surface area contributed by atoms with E-state index in [-0.39, 0.29) is 11.0 Å². The van der Waals surface area contributed by atoms with Gasteiger partial charge in [0.25, 0.3) is 0 Å². The van der Waals surface area contributed by atoms with Crippen LogP contribution in [0.2, 0.25) is 0 Å². The molecule has 1 nitrogen and oxygen atoms in total. The van der Waals surface area contributed by atoms with Crippen molar-refractivity contribution in [1.29, 1.82) is 0 Å². The zero-order chi connectivity index (χ0) is 18.6. The van der Waals surface area contributed by atoms with Gasteiger partial charge in [0, 0.05) is 16.0 Å². The average Bonchev–Trinajstić information content (AvgIpc) is 2.62. The van der Waals surface area contributed by atoms with Crippen molar-refractivity contribution < 1.29 is 9.50 Å². The van der Waals surface area contributed by atoms with Gasteiger partial charge in [-0.05, 0) is 43.7 Å². The summed E-state index contributed by atoms with van der Waals surface area (Å²) in [5.41, 5.74) is 3.16. The molecule has 2 aromatic rings. The average molecular weight is 360 g/mol. The summed E-state index contributed by atoms with van der Waals surface area (Å²) in [7, 11) is 0.291. The predicted molar refractivity (Wildman–Crippen MR) is 108 cm³/mol. The third kappa shape index (κ3) is 4.06. The maximum atomic E-state index is 14.3. The standard InChI is InChI=1S/C22H30FOP/c1-6-16(5)17-13-15(4)14-18(21(17)24)22(7-2,8-3)25-20-12-10-9-11-19(20)23/h9-14,16,24-25H,6-8H2,1-5H3. The molecule has 136 valence electrons. The van der Waals surface area contributed by atoms with Gasteiger partial charge >= 0.3 is 0 Å². The number of benzene rings is 2. The molecule has 0 bridgehead atoms. The SMILES string of the molecule is CCC(C)c1cc(C)cc(C(CC)(CC)Pc2ccccc2F)c1O. The van der Waals surface area contributed by atoms with Gasteiger partial charge in [0.1, 0.15) is 11.6 Å². The number of phenols is 1. The molecule has 3 heteroatoms. The lowest BCUT2D eigenvalue weighted by Crippen LogP contribution is -2.23. The van der Waals surface area contributed by atoms with Crippen LogP contribution in [0.4, 0.5) is 4.39 Å². The van der Waals surface area contributed by atoms with Crippen molar-refractivity contribution in [3.63, 3.8) is 0 Å². The summed E-state index contributed by atoms with van der Waals surface area (Å²) >= 11 is 0. The van der Waals surface area contributed by atoms with Crippen LogP contribution in [0.1, 0.15) is 69.6 Å². The molecule has 0 aliphatic carbocycles. The molecule has 0 radical (unpaired) electrons. The second kappa shape index (κ2) is 8.32. The summed E-state index contributed by atoms with van der Waals surface area (Å²) < 4.78 is 14.3. The monoisotopic (exact) mass is 360 g/mol. The second-order valence-corrected chi connectivity index (χ2v) is 8.70. The molecular formula is C22H30FOP. The van der Waals surface area contributed by atoms with Crippen LogP contribution in [0, 0.1) is 12.7 Å². The fourth-order valence-corrected chi connectivity index (χ4v) is 5.04. The molecule has 0 spiro atoms. The first-order valence-corrected chi connectivity index (χ1v) is 10.2. The highest BCUT2D eigenvalue weighted by molar-refractivity contribution is 7.48. The van der Waals surface area contributed by atoms with E-state index in [1.807, 2.05) is 12.1 Å². The Morgan fingerprint density at radius 1 is 1.12 bits per heavy atom. The van der Waals surface area contributed by atoms with Crippen molar-refractivity contribution in [1.82, 2.24) is 0 Å². The number of halogens is 1. The lowest BCUT2D eigenvalue weighted by molar-refractivity contribution is 0.436. The summed E-state index contributed by atoms with van der Waals surface area (Å²) in [5.74, 6) is 0.566. The largest absolute Gasteiger partial charge is 0.507 e. The fraction of sp³-hybridized carbons (Fsp3) is 0.455. The van der Waals surface area contributed by atoms with E-state index in [0.29, 0.717) is 20.2 Å². The molecule has 0 aliphatic heterocycles. The van der Waals surface area contributed by atoms with Crippen molar-refractivity contribution in [2.75, 3.05) is 0 Å². The number of hydrogen-bond donors (Lipinski definition) is 1. The summed E-state index contributed by atoms with van der Waals surface area (Å²) in [4.78, 5) is 0. The molecule has 0 amide bonds. The fourth-order valence-electron chi connectivity index (χ4n) is 3.46. The molecule has 2 rings (SSSR count). The Kier molecular flexibility index (Phi) is 6.63. The summed E-state index contributed by atoms with van der Waals surface area (Å²) in [6.45, 7) is 10.7. The third-order valence-corrected chi connectivity index (χ3v) is 7.53. The van der Waals surface area contributed by atoms with Crippen LogP contribution in [0.3, 0.4) is 0 Å². The first-order valence-electron chi connectivity index (χ1n) is 9.25. The van der Waals surface area contributed by atoms with E-state index in [9.17, 15) is 9.50 Å². The Balaban J connectivity index is 2.60. The van der Waals surface area contributed by atoms with Crippen molar-refractivity contribution >= 4 is 13.9 Å². The van der Waals surface area contributed by atoms with Crippen LogP contribution < -0.4 is 5.30 Å². The van der Waals surface area contributed by atoms with Crippen LogP contribution in [0.15, 0.2) is 36.4 Å². The Bertz CT molecular complexity index is 722. The highest BCUT2D eigenvalue weighted by atomic mass is 31.1. The number of aromatic hydroxyl groups is 1. The van der Waals surface area contributed by atoms with Crippen molar-refractivity contribution in [3.05, 3.63) is 58.9 Å². The Labute approximate surface area is 153 Å². The zero-order valence-electron chi connectivity index (χ0n) is 16.0. The van der Waals surface area contributed by atoms with E-state index < -0.39 is 0 Å². The molecule has 2 unspecified atom stereocenters. The van der Waals surface area contributed by atoms with Gasteiger partial charge in [-0.2, -0.15) is 0 Å². The van der Waals surface area contributed by atoms with Gasteiger partial charge in [0.15, 0.2) is 0 Å².